The fourth-order valence-electron chi connectivity index (χ4n) is 7.87. The molecule has 0 unspecified atom stereocenters. The predicted octanol–water partition coefficient (Wildman–Crippen LogP) is 11.0. The molecule has 2 bridgehead atoms. The maximum Gasteiger partial charge on any atom is 0.343 e. The number of esters is 2. The van der Waals surface area contributed by atoms with E-state index in [1.807, 2.05) is 0 Å². The molecular weight excluding hydrogens is 705 g/mol. The molecule has 56 heavy (non-hydrogen) atoms. The van der Waals surface area contributed by atoms with Gasteiger partial charge in [0.15, 0.2) is 0 Å². The minimum Gasteiger partial charge on any atom is -0.426 e. The molecule has 2 aromatic rings. The Labute approximate surface area is 337 Å². The summed E-state index contributed by atoms with van der Waals surface area (Å²) >= 11 is 0. The average Bonchev–Trinajstić information content (AvgIpc) is 3.79. The zero-order valence-corrected chi connectivity index (χ0v) is 34.3. The standard InChI is InChI=1S/C48H68O8/c1-3-34-52-36-17-13-9-7-10-14-18-37-53-38-20-21-41-22-24-42(25-23-41)45(49)55-43-26-28-44(29-27-43)56-46(50)47-30-32-48(40-47,33-31-47)54-39-19-15-11-6-4-5-8-12-16-35-51-2/h3,22-29H,1,4-19,30-40H2,2H3. The predicted molar refractivity (Wildman–Crippen MR) is 222 cm³/mol. The molecule has 0 saturated heterocycles. The Bertz CT molecular complexity index is 1460. The second-order valence-corrected chi connectivity index (χ2v) is 15.7. The molecule has 2 aliphatic rings. The molecule has 8 heteroatoms. The Morgan fingerprint density at radius 3 is 1.73 bits per heavy atom. The number of benzene rings is 2. The first-order chi connectivity index (χ1) is 27.5. The Kier molecular flexibility index (Phi) is 21.4. The highest BCUT2D eigenvalue weighted by atomic mass is 16.5. The molecule has 2 saturated carbocycles. The van der Waals surface area contributed by atoms with Crippen molar-refractivity contribution in [2.75, 3.05) is 46.8 Å². The summed E-state index contributed by atoms with van der Waals surface area (Å²) in [4.78, 5) is 26.2. The van der Waals surface area contributed by atoms with Gasteiger partial charge in [0, 0.05) is 39.1 Å². The summed E-state index contributed by atoms with van der Waals surface area (Å²) in [6, 6.07) is 13.7. The van der Waals surface area contributed by atoms with Crippen LogP contribution in [0.2, 0.25) is 0 Å². The van der Waals surface area contributed by atoms with Crippen molar-refractivity contribution in [2.45, 2.75) is 140 Å². The van der Waals surface area contributed by atoms with E-state index in [0.717, 1.165) is 76.8 Å². The monoisotopic (exact) mass is 772 g/mol. The topological polar surface area (TPSA) is 89.5 Å². The number of methoxy groups -OCH3 is 1. The summed E-state index contributed by atoms with van der Waals surface area (Å²) in [6.07, 6.45) is 25.5. The lowest BCUT2D eigenvalue weighted by atomic mass is 9.84. The highest BCUT2D eigenvalue weighted by molar-refractivity contribution is 5.91. The van der Waals surface area contributed by atoms with Crippen LogP contribution in [0.1, 0.15) is 151 Å². The molecule has 2 aliphatic carbocycles. The van der Waals surface area contributed by atoms with Crippen LogP contribution in [0.4, 0.5) is 0 Å². The molecule has 0 heterocycles. The first kappa shape index (κ1) is 45.2. The van der Waals surface area contributed by atoms with Gasteiger partial charge in [0.25, 0.3) is 0 Å². The number of fused-ring (bicyclic) bond motifs is 2. The van der Waals surface area contributed by atoms with Gasteiger partial charge in [-0.05, 0) is 106 Å². The Morgan fingerprint density at radius 2 is 1.16 bits per heavy atom. The molecule has 2 fully saturated rings. The normalized spacial score (nSPS) is 18.4. The quantitative estimate of drug-likeness (QED) is 0.0255. The number of carbonyl (C=O) groups excluding carboxylic acids is 2. The van der Waals surface area contributed by atoms with E-state index in [2.05, 4.69) is 18.4 Å². The van der Waals surface area contributed by atoms with Crippen LogP contribution in [0.15, 0.2) is 61.2 Å². The lowest BCUT2D eigenvalue weighted by Crippen LogP contribution is -2.30. The maximum atomic E-state index is 13.4. The highest BCUT2D eigenvalue weighted by Gasteiger charge is 2.59. The van der Waals surface area contributed by atoms with Crippen LogP contribution in [0.3, 0.4) is 0 Å². The average molecular weight is 773 g/mol. The molecule has 2 aromatic carbocycles. The number of hydrogen-bond donors (Lipinski definition) is 0. The Balaban J connectivity index is 1.05. The van der Waals surface area contributed by atoms with Gasteiger partial charge in [0.1, 0.15) is 18.1 Å². The third kappa shape index (κ3) is 16.5. The van der Waals surface area contributed by atoms with E-state index in [-0.39, 0.29) is 11.6 Å². The van der Waals surface area contributed by atoms with Gasteiger partial charge in [-0.1, -0.05) is 95.0 Å². The molecule has 308 valence electrons. The lowest BCUT2D eigenvalue weighted by Gasteiger charge is -2.27. The third-order valence-electron chi connectivity index (χ3n) is 11.2. The van der Waals surface area contributed by atoms with Crippen molar-refractivity contribution in [2.24, 2.45) is 5.41 Å². The van der Waals surface area contributed by atoms with Crippen molar-refractivity contribution < 1.29 is 38.0 Å². The second-order valence-electron chi connectivity index (χ2n) is 15.7. The molecule has 8 nitrogen and oxygen atoms in total. The molecule has 0 amide bonds. The van der Waals surface area contributed by atoms with Gasteiger partial charge in [-0.3, -0.25) is 4.79 Å². The minimum atomic E-state index is -0.473. The summed E-state index contributed by atoms with van der Waals surface area (Å²) in [5, 5.41) is 0. The van der Waals surface area contributed by atoms with Crippen LogP contribution >= 0.6 is 0 Å². The van der Waals surface area contributed by atoms with Gasteiger partial charge < -0.3 is 28.4 Å². The molecule has 0 N–H and O–H groups in total. The van der Waals surface area contributed by atoms with Gasteiger partial charge in [-0.2, -0.15) is 0 Å². The van der Waals surface area contributed by atoms with Crippen molar-refractivity contribution in [1.29, 1.82) is 0 Å². The molecule has 4 rings (SSSR count). The van der Waals surface area contributed by atoms with Crippen molar-refractivity contribution in [3.8, 4) is 23.3 Å². The van der Waals surface area contributed by atoms with Crippen LogP contribution in [0.5, 0.6) is 11.5 Å². The van der Waals surface area contributed by atoms with Crippen LogP contribution in [0, 0.1) is 17.3 Å². The minimum absolute atomic E-state index is 0.179. The van der Waals surface area contributed by atoms with Crippen LogP contribution < -0.4 is 9.47 Å². The number of hydrogen-bond acceptors (Lipinski definition) is 8. The molecule has 0 spiro atoms. The summed E-state index contributed by atoms with van der Waals surface area (Å²) in [5.41, 5.74) is 0.580. The molecule has 0 atom stereocenters. The number of unbranched alkanes of at least 4 members (excludes halogenated alkanes) is 14. The molecular formula is C48H68O8. The molecule has 0 radical (unpaired) electrons. The second kappa shape index (κ2) is 26.4. The van der Waals surface area contributed by atoms with E-state index >= 15 is 0 Å². The molecule has 0 aliphatic heterocycles. The van der Waals surface area contributed by atoms with Crippen molar-refractivity contribution >= 4 is 11.9 Å². The van der Waals surface area contributed by atoms with E-state index < -0.39 is 11.4 Å². The number of ether oxygens (including phenoxy) is 6. The van der Waals surface area contributed by atoms with Gasteiger partial charge in [-0.15, -0.1) is 6.58 Å². The van der Waals surface area contributed by atoms with Crippen molar-refractivity contribution in [3.63, 3.8) is 0 Å². The summed E-state index contributed by atoms with van der Waals surface area (Å²) in [7, 11) is 1.77. The van der Waals surface area contributed by atoms with E-state index in [1.54, 1.807) is 61.7 Å². The SMILES string of the molecule is C=CCOCCCCCCCCCOCC#Cc1ccc(C(=O)Oc2ccc(OC(=O)C34CCC(OCCCCCCCCCCCOC)(CC3)C4)cc2)cc1. The van der Waals surface area contributed by atoms with Gasteiger partial charge in [0.05, 0.1) is 23.2 Å². The number of carbonyl (C=O) groups is 2. The maximum absolute atomic E-state index is 13.4. The van der Waals surface area contributed by atoms with E-state index in [1.165, 1.54) is 83.5 Å². The summed E-state index contributed by atoms with van der Waals surface area (Å²) < 4.78 is 34.1. The number of rotatable bonds is 30. The highest BCUT2D eigenvalue weighted by Crippen LogP contribution is 2.58. The van der Waals surface area contributed by atoms with Crippen LogP contribution in [0.25, 0.3) is 0 Å². The summed E-state index contributed by atoms with van der Waals surface area (Å²) in [5.74, 6) is 6.32. The van der Waals surface area contributed by atoms with Gasteiger partial charge in [0.2, 0.25) is 0 Å². The first-order valence-electron chi connectivity index (χ1n) is 21.5. The van der Waals surface area contributed by atoms with E-state index in [9.17, 15) is 9.59 Å². The van der Waals surface area contributed by atoms with E-state index in [4.69, 9.17) is 28.4 Å². The summed E-state index contributed by atoms with van der Waals surface area (Å²) in [6.45, 7) is 7.87. The Hall–Kier alpha value is -3.48. The molecule has 0 aromatic heterocycles. The zero-order chi connectivity index (χ0) is 39.6. The Morgan fingerprint density at radius 1 is 0.643 bits per heavy atom. The third-order valence-corrected chi connectivity index (χ3v) is 11.2. The first-order valence-corrected chi connectivity index (χ1v) is 21.5. The fraction of sp³-hybridized carbons (Fsp3) is 0.625. The van der Waals surface area contributed by atoms with Gasteiger partial charge >= 0.3 is 11.9 Å². The van der Waals surface area contributed by atoms with Crippen LogP contribution in [-0.2, 0) is 23.7 Å². The lowest BCUT2D eigenvalue weighted by molar-refractivity contribution is -0.145. The van der Waals surface area contributed by atoms with E-state index in [0.29, 0.717) is 36.9 Å². The van der Waals surface area contributed by atoms with Crippen LogP contribution in [-0.4, -0.2) is 64.3 Å². The largest absolute Gasteiger partial charge is 0.426 e. The zero-order valence-electron chi connectivity index (χ0n) is 34.3. The van der Waals surface area contributed by atoms with Crippen molar-refractivity contribution in [1.82, 2.24) is 0 Å². The smallest absolute Gasteiger partial charge is 0.343 e. The van der Waals surface area contributed by atoms with Crippen molar-refractivity contribution in [3.05, 3.63) is 72.3 Å². The van der Waals surface area contributed by atoms with Gasteiger partial charge in [-0.25, -0.2) is 4.79 Å². The fourth-order valence-corrected chi connectivity index (χ4v) is 7.87.